The molecule has 0 aromatic carbocycles. The molecule has 74 valence electrons. The summed E-state index contributed by atoms with van der Waals surface area (Å²) in [7, 11) is 4.58. The van der Waals surface area contributed by atoms with Gasteiger partial charge in [-0.1, -0.05) is 0 Å². The lowest BCUT2D eigenvalue weighted by Gasteiger charge is -2.38. The topological polar surface area (TPSA) is 3.24 Å². The number of piperazine rings is 1. The van der Waals surface area contributed by atoms with Gasteiger partial charge >= 0.3 is 0 Å². The number of hydrogen-bond donors (Lipinski definition) is 0. The van der Waals surface area contributed by atoms with E-state index in [4.69, 9.17) is 11.6 Å². The van der Waals surface area contributed by atoms with Crippen LogP contribution in [-0.2, 0) is 0 Å². The molecule has 1 aliphatic heterocycles. The van der Waals surface area contributed by atoms with Crippen molar-refractivity contribution < 1.29 is 28.5 Å². The van der Waals surface area contributed by atoms with Gasteiger partial charge in [0.25, 0.3) is 0 Å². The van der Waals surface area contributed by atoms with Crippen molar-refractivity contribution >= 4 is 11.6 Å². The van der Waals surface area contributed by atoms with Gasteiger partial charge in [0.2, 0.25) is 0 Å². The van der Waals surface area contributed by atoms with Crippen LogP contribution in [0.1, 0.15) is 0 Å². The molecule has 0 aromatic rings. The standard InChI is InChI=1S/C8H18ClN2.HI/c1-11(2)7-5-10(4-3-9)6-8-11;/h3-8H2,1-2H3;1H/q+1;/p-1. The quantitative estimate of drug-likeness (QED) is 0.313. The molecule has 0 saturated carbocycles. The predicted molar refractivity (Wildman–Crippen MR) is 49.0 cm³/mol. The molecule has 0 N–H and O–H groups in total. The Morgan fingerprint density at radius 2 is 1.75 bits per heavy atom. The van der Waals surface area contributed by atoms with Crippen LogP contribution in [0, 0.1) is 0 Å². The molecule has 1 heterocycles. The first kappa shape index (κ1) is 12.9. The molecular formula is C8H18ClIN2. The maximum absolute atomic E-state index is 5.66. The minimum atomic E-state index is 0. The van der Waals surface area contributed by atoms with Gasteiger partial charge in [-0.05, 0) is 0 Å². The van der Waals surface area contributed by atoms with E-state index in [1.54, 1.807) is 0 Å². The van der Waals surface area contributed by atoms with Gasteiger partial charge in [0, 0.05) is 25.5 Å². The van der Waals surface area contributed by atoms with Crippen LogP contribution in [0.4, 0.5) is 0 Å². The van der Waals surface area contributed by atoms with Crippen LogP contribution in [0.15, 0.2) is 0 Å². The van der Waals surface area contributed by atoms with Crippen LogP contribution >= 0.6 is 11.6 Å². The van der Waals surface area contributed by atoms with Crippen molar-refractivity contribution in [3.63, 3.8) is 0 Å². The first-order valence-corrected chi connectivity index (χ1v) is 4.78. The predicted octanol–water partition coefficient (Wildman–Crippen LogP) is -2.38. The van der Waals surface area contributed by atoms with Crippen molar-refractivity contribution in [1.82, 2.24) is 4.90 Å². The summed E-state index contributed by atoms with van der Waals surface area (Å²) in [6.07, 6.45) is 0. The monoisotopic (exact) mass is 304 g/mol. The fraction of sp³-hybridized carbons (Fsp3) is 1.00. The highest BCUT2D eigenvalue weighted by atomic mass is 127. The van der Waals surface area contributed by atoms with Gasteiger partial charge in [-0.15, -0.1) is 11.6 Å². The molecule has 1 fully saturated rings. The highest BCUT2D eigenvalue weighted by molar-refractivity contribution is 6.18. The maximum Gasteiger partial charge on any atom is 0.0912 e. The lowest BCUT2D eigenvalue weighted by molar-refractivity contribution is -0.894. The minimum Gasteiger partial charge on any atom is -1.00 e. The largest absolute Gasteiger partial charge is 1.00 e. The molecule has 1 aliphatic rings. The summed E-state index contributed by atoms with van der Waals surface area (Å²) in [5, 5.41) is 0. The molecule has 2 nitrogen and oxygen atoms in total. The van der Waals surface area contributed by atoms with Crippen molar-refractivity contribution in [2.75, 3.05) is 52.7 Å². The van der Waals surface area contributed by atoms with Crippen LogP contribution in [-0.4, -0.2) is 62.1 Å². The summed E-state index contributed by atoms with van der Waals surface area (Å²) in [5.74, 6) is 0.771. The van der Waals surface area contributed by atoms with E-state index in [-0.39, 0.29) is 24.0 Å². The van der Waals surface area contributed by atoms with Gasteiger partial charge in [-0.2, -0.15) is 0 Å². The van der Waals surface area contributed by atoms with Crippen molar-refractivity contribution in [3.8, 4) is 0 Å². The Morgan fingerprint density at radius 3 is 2.17 bits per heavy atom. The minimum absolute atomic E-state index is 0. The van der Waals surface area contributed by atoms with Crippen LogP contribution in [0.3, 0.4) is 0 Å². The van der Waals surface area contributed by atoms with Crippen LogP contribution < -0.4 is 24.0 Å². The summed E-state index contributed by atoms with van der Waals surface area (Å²) in [4.78, 5) is 2.44. The van der Waals surface area contributed by atoms with E-state index in [9.17, 15) is 0 Å². The summed E-state index contributed by atoms with van der Waals surface area (Å²) in [6, 6.07) is 0. The van der Waals surface area contributed by atoms with E-state index in [1.165, 1.54) is 30.7 Å². The average molecular weight is 305 g/mol. The molecule has 1 rings (SSSR count). The average Bonchev–Trinajstić information content (AvgIpc) is 1.94. The van der Waals surface area contributed by atoms with Gasteiger partial charge in [-0.3, -0.25) is 4.90 Å². The third-order valence-electron chi connectivity index (χ3n) is 2.44. The normalized spacial score (nSPS) is 23.2. The van der Waals surface area contributed by atoms with Crippen LogP contribution in [0.2, 0.25) is 0 Å². The molecule has 0 aliphatic carbocycles. The molecule has 12 heavy (non-hydrogen) atoms. The van der Waals surface area contributed by atoms with Gasteiger partial charge in [0.05, 0.1) is 27.2 Å². The molecule has 1 saturated heterocycles. The zero-order chi connectivity index (χ0) is 8.32. The molecular weight excluding hydrogens is 286 g/mol. The van der Waals surface area contributed by atoms with Crippen molar-refractivity contribution in [2.45, 2.75) is 0 Å². The first-order chi connectivity index (χ1) is 5.14. The fourth-order valence-corrected chi connectivity index (χ4v) is 1.63. The maximum atomic E-state index is 5.66. The second-order valence-electron chi connectivity index (χ2n) is 3.91. The number of rotatable bonds is 2. The Morgan fingerprint density at radius 1 is 1.25 bits per heavy atom. The van der Waals surface area contributed by atoms with Gasteiger partial charge in [0.15, 0.2) is 0 Å². The second-order valence-corrected chi connectivity index (χ2v) is 4.29. The molecule has 0 unspecified atom stereocenters. The Bertz CT molecular complexity index is 120. The van der Waals surface area contributed by atoms with E-state index < -0.39 is 0 Å². The van der Waals surface area contributed by atoms with E-state index in [0.717, 1.165) is 12.4 Å². The zero-order valence-corrected chi connectivity index (χ0v) is 10.8. The lowest BCUT2D eigenvalue weighted by Crippen LogP contribution is -3.00. The Kier molecular flexibility index (Phi) is 6.06. The molecule has 0 aromatic heterocycles. The van der Waals surface area contributed by atoms with E-state index >= 15 is 0 Å². The SMILES string of the molecule is C[N+]1(C)CCN(CCCl)CC1.[I-]. The number of nitrogens with zero attached hydrogens (tertiary/aromatic N) is 2. The van der Waals surface area contributed by atoms with Crippen molar-refractivity contribution in [3.05, 3.63) is 0 Å². The Balaban J connectivity index is 0.00000121. The number of halogens is 2. The summed E-state index contributed by atoms with van der Waals surface area (Å²) in [6.45, 7) is 5.99. The van der Waals surface area contributed by atoms with Crippen LogP contribution in [0.5, 0.6) is 0 Å². The second kappa shape index (κ2) is 5.62. The molecule has 0 atom stereocenters. The van der Waals surface area contributed by atoms with E-state index in [2.05, 4.69) is 19.0 Å². The highest BCUT2D eigenvalue weighted by Gasteiger charge is 2.23. The van der Waals surface area contributed by atoms with Crippen molar-refractivity contribution in [1.29, 1.82) is 0 Å². The van der Waals surface area contributed by atoms with Gasteiger partial charge in [-0.25, -0.2) is 0 Å². The fourth-order valence-electron chi connectivity index (χ4n) is 1.39. The zero-order valence-electron chi connectivity index (χ0n) is 7.89. The Hall–Kier alpha value is 0.940. The third-order valence-corrected chi connectivity index (χ3v) is 2.61. The van der Waals surface area contributed by atoms with Gasteiger partial charge in [0.1, 0.15) is 0 Å². The van der Waals surface area contributed by atoms with Crippen molar-refractivity contribution in [2.24, 2.45) is 0 Å². The van der Waals surface area contributed by atoms with Gasteiger partial charge < -0.3 is 28.5 Å². The smallest absolute Gasteiger partial charge is 0.0912 e. The van der Waals surface area contributed by atoms with Crippen LogP contribution in [0.25, 0.3) is 0 Å². The molecule has 0 spiro atoms. The number of alkyl halides is 1. The van der Waals surface area contributed by atoms with E-state index in [1.807, 2.05) is 0 Å². The molecule has 0 bridgehead atoms. The third kappa shape index (κ3) is 4.25. The highest BCUT2D eigenvalue weighted by Crippen LogP contribution is 2.05. The van der Waals surface area contributed by atoms with E-state index in [0.29, 0.717) is 0 Å². The number of hydrogen-bond acceptors (Lipinski definition) is 1. The molecule has 0 radical (unpaired) electrons. The lowest BCUT2D eigenvalue weighted by atomic mass is 10.3. The summed E-state index contributed by atoms with van der Waals surface area (Å²) >= 11 is 5.66. The molecule has 4 heteroatoms. The summed E-state index contributed by atoms with van der Waals surface area (Å²) < 4.78 is 1.17. The first-order valence-electron chi connectivity index (χ1n) is 4.24. The number of likely N-dealkylation sites (N-methyl/N-ethyl adjacent to an activating group) is 1. The summed E-state index contributed by atoms with van der Waals surface area (Å²) in [5.41, 5.74) is 0. The Labute approximate surface area is 97.5 Å². The molecule has 0 amide bonds. The number of quaternary nitrogens is 1.